The van der Waals surface area contributed by atoms with Crippen LogP contribution in [-0.4, -0.2) is 23.9 Å². The van der Waals surface area contributed by atoms with Crippen LogP contribution in [0.5, 0.6) is 0 Å². The molecule has 1 aliphatic rings. The van der Waals surface area contributed by atoms with Crippen molar-refractivity contribution in [2.75, 3.05) is 13.1 Å². The second-order valence-corrected chi connectivity index (χ2v) is 5.14. The third-order valence-corrected chi connectivity index (χ3v) is 4.16. The van der Waals surface area contributed by atoms with Gasteiger partial charge in [-0.15, -0.1) is 11.3 Å². The van der Waals surface area contributed by atoms with Gasteiger partial charge in [0.15, 0.2) is 0 Å². The van der Waals surface area contributed by atoms with E-state index in [0.717, 1.165) is 19.4 Å². The SMILES string of the molecule is CCC1c2ccsc2CCN1C(=O)/C=C/CN. The standard InChI is InChI=1S/C13H18N2OS/c1-2-11-10-6-9-17-12(10)5-8-15(11)13(16)4-3-7-14/h3-4,6,9,11H,2,5,7-8,14H2,1H3/b4-3+. The molecular formula is C13H18N2OS. The Balaban J connectivity index is 2.20. The smallest absolute Gasteiger partial charge is 0.246 e. The molecule has 3 nitrogen and oxygen atoms in total. The summed E-state index contributed by atoms with van der Waals surface area (Å²) in [5, 5.41) is 2.12. The molecule has 0 aromatic carbocycles. The molecular weight excluding hydrogens is 232 g/mol. The summed E-state index contributed by atoms with van der Waals surface area (Å²) >= 11 is 1.80. The molecule has 4 heteroatoms. The molecule has 1 unspecified atom stereocenters. The van der Waals surface area contributed by atoms with E-state index >= 15 is 0 Å². The number of carbonyl (C=O) groups excluding carboxylic acids is 1. The van der Waals surface area contributed by atoms with Gasteiger partial charge < -0.3 is 10.6 Å². The van der Waals surface area contributed by atoms with Crippen LogP contribution in [0.4, 0.5) is 0 Å². The molecule has 0 saturated heterocycles. The van der Waals surface area contributed by atoms with Crippen LogP contribution in [0.25, 0.3) is 0 Å². The Labute approximate surface area is 106 Å². The van der Waals surface area contributed by atoms with Crippen molar-refractivity contribution in [3.8, 4) is 0 Å². The van der Waals surface area contributed by atoms with E-state index in [1.807, 2.05) is 4.90 Å². The summed E-state index contributed by atoms with van der Waals surface area (Å²) in [6.07, 6.45) is 5.26. The molecule has 2 N–H and O–H groups in total. The van der Waals surface area contributed by atoms with E-state index in [-0.39, 0.29) is 11.9 Å². The third-order valence-electron chi connectivity index (χ3n) is 3.16. The van der Waals surface area contributed by atoms with Crippen LogP contribution in [0.15, 0.2) is 23.6 Å². The fourth-order valence-corrected chi connectivity index (χ4v) is 3.29. The molecule has 1 aromatic heterocycles. The second-order valence-electron chi connectivity index (χ2n) is 4.14. The number of nitrogens with zero attached hydrogens (tertiary/aromatic N) is 1. The zero-order valence-electron chi connectivity index (χ0n) is 10.1. The minimum Gasteiger partial charge on any atom is -0.332 e. The van der Waals surface area contributed by atoms with E-state index in [2.05, 4.69) is 18.4 Å². The minimum absolute atomic E-state index is 0.0825. The molecule has 0 saturated carbocycles. The Kier molecular flexibility index (Phi) is 3.97. The van der Waals surface area contributed by atoms with Crippen molar-refractivity contribution < 1.29 is 4.79 Å². The lowest BCUT2D eigenvalue weighted by Crippen LogP contribution is -2.38. The Morgan fingerprint density at radius 2 is 2.53 bits per heavy atom. The molecule has 1 aliphatic heterocycles. The number of hydrogen-bond acceptors (Lipinski definition) is 3. The molecule has 2 rings (SSSR count). The molecule has 0 bridgehead atoms. The molecule has 0 aliphatic carbocycles. The second kappa shape index (κ2) is 5.47. The largest absolute Gasteiger partial charge is 0.332 e. The highest BCUT2D eigenvalue weighted by atomic mass is 32.1. The quantitative estimate of drug-likeness (QED) is 0.835. The van der Waals surface area contributed by atoms with Crippen molar-refractivity contribution >= 4 is 17.2 Å². The summed E-state index contributed by atoms with van der Waals surface area (Å²) in [5.74, 6) is 0.0825. The normalized spacial score (nSPS) is 19.6. The van der Waals surface area contributed by atoms with Crippen molar-refractivity contribution in [3.63, 3.8) is 0 Å². The summed E-state index contributed by atoms with van der Waals surface area (Å²) in [6.45, 7) is 3.37. The number of amides is 1. The number of rotatable bonds is 3. The first-order valence-electron chi connectivity index (χ1n) is 6.01. The molecule has 2 heterocycles. The van der Waals surface area contributed by atoms with Crippen LogP contribution in [0.1, 0.15) is 29.8 Å². The Morgan fingerprint density at radius 1 is 1.71 bits per heavy atom. The zero-order valence-corrected chi connectivity index (χ0v) is 10.9. The minimum atomic E-state index is 0.0825. The van der Waals surface area contributed by atoms with Crippen molar-refractivity contribution in [3.05, 3.63) is 34.0 Å². The fourth-order valence-electron chi connectivity index (χ4n) is 2.37. The van der Waals surface area contributed by atoms with Crippen LogP contribution in [0.3, 0.4) is 0 Å². The van der Waals surface area contributed by atoms with Crippen molar-refractivity contribution in [2.24, 2.45) is 5.73 Å². The topological polar surface area (TPSA) is 46.3 Å². The van der Waals surface area contributed by atoms with Crippen LogP contribution in [0, 0.1) is 0 Å². The summed E-state index contributed by atoms with van der Waals surface area (Å²) in [4.78, 5) is 15.4. The summed E-state index contributed by atoms with van der Waals surface area (Å²) < 4.78 is 0. The van der Waals surface area contributed by atoms with E-state index in [1.54, 1.807) is 23.5 Å². The number of thiophene rings is 1. The first-order valence-corrected chi connectivity index (χ1v) is 6.89. The molecule has 1 aromatic rings. The van der Waals surface area contributed by atoms with Gasteiger partial charge in [-0.05, 0) is 29.9 Å². The average molecular weight is 250 g/mol. The van der Waals surface area contributed by atoms with E-state index in [9.17, 15) is 4.79 Å². The van der Waals surface area contributed by atoms with Gasteiger partial charge in [0.05, 0.1) is 6.04 Å². The third kappa shape index (κ3) is 2.42. The maximum absolute atomic E-state index is 12.0. The molecule has 92 valence electrons. The van der Waals surface area contributed by atoms with Gasteiger partial charge in [0.25, 0.3) is 0 Å². The lowest BCUT2D eigenvalue weighted by Gasteiger charge is -2.34. The highest BCUT2D eigenvalue weighted by molar-refractivity contribution is 7.10. The van der Waals surface area contributed by atoms with Gasteiger partial charge in [-0.2, -0.15) is 0 Å². The van der Waals surface area contributed by atoms with E-state index < -0.39 is 0 Å². The van der Waals surface area contributed by atoms with Gasteiger partial charge in [0.1, 0.15) is 0 Å². The summed E-state index contributed by atoms with van der Waals surface area (Å²) in [5.41, 5.74) is 6.71. The Morgan fingerprint density at radius 3 is 3.24 bits per heavy atom. The first kappa shape index (κ1) is 12.3. The van der Waals surface area contributed by atoms with Gasteiger partial charge >= 0.3 is 0 Å². The van der Waals surface area contributed by atoms with Gasteiger partial charge in [0, 0.05) is 24.0 Å². The molecule has 0 radical (unpaired) electrons. The average Bonchev–Trinajstić information content (AvgIpc) is 2.82. The molecule has 0 fully saturated rings. The summed E-state index contributed by atoms with van der Waals surface area (Å²) in [7, 11) is 0. The van der Waals surface area contributed by atoms with Gasteiger partial charge in [-0.25, -0.2) is 0 Å². The van der Waals surface area contributed by atoms with E-state index in [4.69, 9.17) is 5.73 Å². The van der Waals surface area contributed by atoms with Gasteiger partial charge in [-0.3, -0.25) is 4.79 Å². The van der Waals surface area contributed by atoms with Crippen molar-refractivity contribution in [1.82, 2.24) is 4.90 Å². The number of carbonyl (C=O) groups is 1. The molecule has 1 atom stereocenters. The van der Waals surface area contributed by atoms with Crippen molar-refractivity contribution in [2.45, 2.75) is 25.8 Å². The number of fused-ring (bicyclic) bond motifs is 1. The lowest BCUT2D eigenvalue weighted by molar-refractivity contribution is -0.128. The predicted octanol–water partition coefficient (Wildman–Crippen LogP) is 2.10. The molecule has 0 spiro atoms. The predicted molar refractivity (Wildman–Crippen MR) is 71.0 cm³/mol. The monoisotopic (exact) mass is 250 g/mol. The highest BCUT2D eigenvalue weighted by Gasteiger charge is 2.28. The number of hydrogen-bond donors (Lipinski definition) is 1. The van der Waals surface area contributed by atoms with Crippen molar-refractivity contribution in [1.29, 1.82) is 0 Å². The first-order chi connectivity index (χ1) is 8.27. The zero-order chi connectivity index (χ0) is 12.3. The lowest BCUT2D eigenvalue weighted by atomic mass is 9.98. The Bertz CT molecular complexity index is 425. The van der Waals surface area contributed by atoms with Crippen LogP contribution < -0.4 is 5.73 Å². The van der Waals surface area contributed by atoms with E-state index in [1.165, 1.54) is 10.4 Å². The maximum atomic E-state index is 12.0. The molecule has 1 amide bonds. The summed E-state index contributed by atoms with van der Waals surface area (Å²) in [6, 6.07) is 2.39. The van der Waals surface area contributed by atoms with Gasteiger partial charge in [-0.1, -0.05) is 13.0 Å². The van der Waals surface area contributed by atoms with E-state index in [0.29, 0.717) is 6.54 Å². The van der Waals surface area contributed by atoms with Crippen LogP contribution >= 0.6 is 11.3 Å². The van der Waals surface area contributed by atoms with Crippen LogP contribution in [-0.2, 0) is 11.2 Å². The van der Waals surface area contributed by atoms with Crippen LogP contribution in [0.2, 0.25) is 0 Å². The Hall–Kier alpha value is -1.13. The highest BCUT2D eigenvalue weighted by Crippen LogP contribution is 2.35. The fraction of sp³-hybridized carbons (Fsp3) is 0.462. The molecule has 17 heavy (non-hydrogen) atoms. The van der Waals surface area contributed by atoms with Gasteiger partial charge in [0.2, 0.25) is 5.91 Å². The maximum Gasteiger partial charge on any atom is 0.246 e. The number of nitrogens with two attached hydrogens (primary N) is 1.